The van der Waals surface area contributed by atoms with Gasteiger partial charge in [0.15, 0.2) is 0 Å². The summed E-state index contributed by atoms with van der Waals surface area (Å²) in [5, 5.41) is 7.92. The second kappa shape index (κ2) is 5.30. The van der Waals surface area contributed by atoms with Crippen molar-refractivity contribution in [2.45, 2.75) is 22.6 Å². The number of aliphatic hydroxyl groups is 1. The standard InChI is InChI=1S/C8H11Cl3O2/c9-5-3-7(11)8(4-6(5)10)13-2-1-12/h4-7,12H,1-3H2/t5-,6?,7+/m1/s1. The van der Waals surface area contributed by atoms with Gasteiger partial charge in [0, 0.05) is 0 Å². The lowest BCUT2D eigenvalue weighted by molar-refractivity contribution is 0.137. The van der Waals surface area contributed by atoms with Crippen LogP contribution >= 0.6 is 34.8 Å². The van der Waals surface area contributed by atoms with Gasteiger partial charge in [-0.3, -0.25) is 0 Å². The molecular weight excluding hydrogens is 234 g/mol. The summed E-state index contributed by atoms with van der Waals surface area (Å²) in [6.07, 6.45) is 2.30. The fourth-order valence-electron chi connectivity index (χ4n) is 1.11. The first-order valence-corrected chi connectivity index (χ1v) is 5.33. The number of hydrogen-bond donors (Lipinski definition) is 1. The van der Waals surface area contributed by atoms with Crippen LogP contribution in [-0.4, -0.2) is 34.5 Å². The van der Waals surface area contributed by atoms with Crippen LogP contribution < -0.4 is 0 Å². The largest absolute Gasteiger partial charge is 0.494 e. The van der Waals surface area contributed by atoms with Gasteiger partial charge in [0.05, 0.1) is 22.7 Å². The summed E-state index contributed by atoms with van der Waals surface area (Å²) in [6, 6.07) is 0. The van der Waals surface area contributed by atoms with E-state index in [0.717, 1.165) is 0 Å². The van der Waals surface area contributed by atoms with Gasteiger partial charge in [0.25, 0.3) is 0 Å². The smallest absolute Gasteiger partial charge is 0.112 e. The molecule has 0 bridgehead atoms. The fraction of sp³-hybridized carbons (Fsp3) is 0.750. The molecule has 0 aliphatic heterocycles. The topological polar surface area (TPSA) is 29.5 Å². The summed E-state index contributed by atoms with van der Waals surface area (Å²) in [4.78, 5) is 0. The molecule has 1 unspecified atom stereocenters. The first-order valence-electron chi connectivity index (χ1n) is 4.02. The first-order chi connectivity index (χ1) is 6.15. The molecule has 0 aromatic rings. The van der Waals surface area contributed by atoms with E-state index < -0.39 is 0 Å². The predicted octanol–water partition coefficient (Wildman–Crippen LogP) is 2.11. The van der Waals surface area contributed by atoms with E-state index in [1.54, 1.807) is 6.08 Å². The molecule has 1 aliphatic rings. The highest BCUT2D eigenvalue weighted by Gasteiger charge is 2.28. The third kappa shape index (κ3) is 3.21. The summed E-state index contributed by atoms with van der Waals surface area (Å²) in [5.41, 5.74) is 0. The molecule has 0 spiro atoms. The first kappa shape index (κ1) is 11.4. The third-order valence-corrected chi connectivity index (χ3v) is 3.17. The Morgan fingerprint density at radius 1 is 1.46 bits per heavy atom. The number of alkyl halides is 3. The molecule has 76 valence electrons. The number of ether oxygens (including phenoxy) is 1. The molecule has 0 aromatic heterocycles. The van der Waals surface area contributed by atoms with Crippen LogP contribution in [0.15, 0.2) is 11.8 Å². The Morgan fingerprint density at radius 2 is 2.15 bits per heavy atom. The molecule has 3 atom stereocenters. The van der Waals surface area contributed by atoms with E-state index in [1.807, 2.05) is 0 Å². The van der Waals surface area contributed by atoms with Crippen LogP contribution in [0.5, 0.6) is 0 Å². The average molecular weight is 246 g/mol. The minimum Gasteiger partial charge on any atom is -0.494 e. The molecule has 5 heteroatoms. The van der Waals surface area contributed by atoms with Crippen LogP contribution in [0.2, 0.25) is 0 Å². The molecule has 0 amide bonds. The summed E-state index contributed by atoms with van der Waals surface area (Å²) in [7, 11) is 0. The average Bonchev–Trinajstić information content (AvgIpc) is 2.09. The molecule has 13 heavy (non-hydrogen) atoms. The van der Waals surface area contributed by atoms with Crippen LogP contribution in [0, 0.1) is 0 Å². The summed E-state index contributed by atoms with van der Waals surface area (Å²) >= 11 is 17.8. The maximum absolute atomic E-state index is 8.55. The quantitative estimate of drug-likeness (QED) is 0.772. The van der Waals surface area contributed by atoms with E-state index in [2.05, 4.69) is 0 Å². The summed E-state index contributed by atoms with van der Waals surface area (Å²) in [5.74, 6) is 0.618. The van der Waals surface area contributed by atoms with Crippen molar-refractivity contribution in [3.63, 3.8) is 0 Å². The second-order valence-electron chi connectivity index (χ2n) is 2.80. The molecule has 1 N–H and O–H groups in total. The Bertz CT molecular complexity index is 196. The highest BCUT2D eigenvalue weighted by atomic mass is 35.5. The van der Waals surface area contributed by atoms with Crippen molar-refractivity contribution in [1.29, 1.82) is 0 Å². The normalized spacial score (nSPS) is 34.2. The Morgan fingerprint density at radius 3 is 2.77 bits per heavy atom. The van der Waals surface area contributed by atoms with Gasteiger partial charge in [-0.1, -0.05) is 0 Å². The van der Waals surface area contributed by atoms with E-state index in [-0.39, 0.29) is 29.3 Å². The fourth-order valence-corrected chi connectivity index (χ4v) is 2.01. The monoisotopic (exact) mass is 244 g/mol. The van der Waals surface area contributed by atoms with Gasteiger partial charge >= 0.3 is 0 Å². The van der Waals surface area contributed by atoms with E-state index in [0.29, 0.717) is 12.2 Å². The Hall–Kier alpha value is 0.370. The van der Waals surface area contributed by atoms with Gasteiger partial charge in [0.2, 0.25) is 0 Å². The van der Waals surface area contributed by atoms with E-state index in [9.17, 15) is 0 Å². The highest BCUT2D eigenvalue weighted by molar-refractivity contribution is 6.32. The zero-order valence-electron chi connectivity index (χ0n) is 6.92. The molecule has 0 heterocycles. The molecule has 1 aliphatic carbocycles. The van der Waals surface area contributed by atoms with Crippen molar-refractivity contribution >= 4 is 34.8 Å². The molecule has 0 saturated heterocycles. The third-order valence-electron chi connectivity index (χ3n) is 1.77. The van der Waals surface area contributed by atoms with Gasteiger partial charge in [-0.05, 0) is 12.5 Å². The molecule has 0 saturated carbocycles. The summed E-state index contributed by atoms with van der Waals surface area (Å²) < 4.78 is 5.20. The predicted molar refractivity (Wildman–Crippen MR) is 54.7 cm³/mol. The van der Waals surface area contributed by atoms with Gasteiger partial charge in [-0.25, -0.2) is 0 Å². The van der Waals surface area contributed by atoms with Crippen molar-refractivity contribution in [2.75, 3.05) is 13.2 Å². The minimum atomic E-state index is -0.245. The Kier molecular flexibility index (Phi) is 4.67. The molecule has 0 radical (unpaired) electrons. The van der Waals surface area contributed by atoms with Crippen LogP contribution in [0.1, 0.15) is 6.42 Å². The molecular formula is C8H11Cl3O2. The number of aliphatic hydroxyl groups excluding tert-OH is 1. The lowest BCUT2D eigenvalue weighted by Gasteiger charge is -2.25. The maximum atomic E-state index is 8.55. The molecule has 1 rings (SSSR count). The maximum Gasteiger partial charge on any atom is 0.112 e. The van der Waals surface area contributed by atoms with Gasteiger partial charge in [0.1, 0.15) is 12.4 Å². The second-order valence-corrected chi connectivity index (χ2v) is 4.40. The van der Waals surface area contributed by atoms with Crippen LogP contribution in [0.3, 0.4) is 0 Å². The number of halogens is 3. The Labute approximate surface area is 92.4 Å². The van der Waals surface area contributed by atoms with E-state index >= 15 is 0 Å². The van der Waals surface area contributed by atoms with E-state index in [1.165, 1.54) is 0 Å². The van der Waals surface area contributed by atoms with Crippen molar-refractivity contribution in [3.05, 3.63) is 11.8 Å². The van der Waals surface area contributed by atoms with Gasteiger partial charge < -0.3 is 9.84 Å². The molecule has 0 aromatic carbocycles. The zero-order chi connectivity index (χ0) is 9.84. The lowest BCUT2D eigenvalue weighted by atomic mass is 10.0. The highest BCUT2D eigenvalue weighted by Crippen LogP contribution is 2.30. The van der Waals surface area contributed by atoms with E-state index in [4.69, 9.17) is 44.6 Å². The lowest BCUT2D eigenvalue weighted by Crippen LogP contribution is -2.26. The van der Waals surface area contributed by atoms with Crippen LogP contribution in [0.25, 0.3) is 0 Å². The molecule has 2 nitrogen and oxygen atoms in total. The van der Waals surface area contributed by atoms with Crippen molar-refractivity contribution in [3.8, 4) is 0 Å². The van der Waals surface area contributed by atoms with Crippen molar-refractivity contribution in [1.82, 2.24) is 0 Å². The van der Waals surface area contributed by atoms with Gasteiger partial charge in [-0.2, -0.15) is 0 Å². The van der Waals surface area contributed by atoms with Crippen LogP contribution in [0.4, 0.5) is 0 Å². The number of allylic oxidation sites excluding steroid dienone is 2. The zero-order valence-corrected chi connectivity index (χ0v) is 9.19. The van der Waals surface area contributed by atoms with Crippen molar-refractivity contribution < 1.29 is 9.84 Å². The van der Waals surface area contributed by atoms with Gasteiger partial charge in [-0.15, -0.1) is 34.8 Å². The molecule has 0 fully saturated rings. The minimum absolute atomic E-state index is 0.0296. The summed E-state index contributed by atoms with van der Waals surface area (Å²) in [6.45, 7) is 0.212. The van der Waals surface area contributed by atoms with Crippen molar-refractivity contribution in [2.24, 2.45) is 0 Å². The Balaban J connectivity index is 2.55. The number of rotatable bonds is 3. The number of hydrogen-bond acceptors (Lipinski definition) is 2. The van der Waals surface area contributed by atoms with Crippen LogP contribution in [-0.2, 0) is 4.74 Å². The SMILES string of the molecule is OCCOC1=CC(Cl)[C@H](Cl)C[C@@H]1Cl.